The molecule has 0 atom stereocenters. The maximum atomic E-state index is 10.8. The number of carbonyl (C=O) groups excluding carboxylic acids is 1. The van der Waals surface area contributed by atoms with Crippen molar-refractivity contribution in [3.63, 3.8) is 0 Å². The molecule has 1 heterocycles. The molecule has 104 valence electrons. The second kappa shape index (κ2) is 6.27. The van der Waals surface area contributed by atoms with Crippen LogP contribution in [0, 0.1) is 0 Å². The summed E-state index contributed by atoms with van der Waals surface area (Å²) in [6, 6.07) is 1.48. The molecule has 0 saturated carbocycles. The van der Waals surface area contributed by atoms with Gasteiger partial charge in [0.15, 0.2) is 6.29 Å². The molecule has 0 saturated heterocycles. The van der Waals surface area contributed by atoms with E-state index in [1.165, 1.54) is 12.3 Å². The molecule has 0 aliphatic rings. The van der Waals surface area contributed by atoms with Gasteiger partial charge < -0.3 is 0 Å². The van der Waals surface area contributed by atoms with E-state index in [1.54, 1.807) is 0 Å². The smallest absolute Gasteiger partial charge is 0.151 e. The standard InChI is InChI=1S/C12H3Cl6NO/c13-7-6(8(14)10(16)11(17)9(7)15)5-1-4(3-20)2-19-12(5)18/h1-3H. The molecule has 0 aliphatic heterocycles. The van der Waals surface area contributed by atoms with Crippen molar-refractivity contribution in [1.29, 1.82) is 0 Å². The van der Waals surface area contributed by atoms with E-state index >= 15 is 0 Å². The fraction of sp³-hybridized carbons (Fsp3) is 0. The van der Waals surface area contributed by atoms with Crippen molar-refractivity contribution in [2.75, 3.05) is 0 Å². The molecule has 2 aromatic rings. The Hall–Kier alpha value is -0.220. The molecule has 0 radical (unpaired) electrons. The average molecular weight is 390 g/mol. The number of rotatable bonds is 2. The molecule has 0 bridgehead atoms. The van der Waals surface area contributed by atoms with Gasteiger partial charge in [-0.05, 0) is 6.07 Å². The molecule has 1 aromatic carbocycles. The van der Waals surface area contributed by atoms with Crippen LogP contribution < -0.4 is 0 Å². The third-order valence-electron chi connectivity index (χ3n) is 2.48. The zero-order valence-corrected chi connectivity index (χ0v) is 13.9. The molecule has 0 spiro atoms. The summed E-state index contributed by atoms with van der Waals surface area (Å²) in [6.07, 6.45) is 1.94. The van der Waals surface area contributed by atoms with E-state index in [9.17, 15) is 4.79 Å². The first-order chi connectivity index (χ1) is 9.38. The van der Waals surface area contributed by atoms with E-state index in [2.05, 4.69) is 4.98 Å². The first-order valence-corrected chi connectivity index (χ1v) is 7.27. The zero-order valence-electron chi connectivity index (χ0n) is 9.36. The predicted octanol–water partition coefficient (Wildman–Crippen LogP) is 6.48. The van der Waals surface area contributed by atoms with E-state index in [1.807, 2.05) is 0 Å². The van der Waals surface area contributed by atoms with Crippen molar-refractivity contribution in [1.82, 2.24) is 4.98 Å². The van der Waals surface area contributed by atoms with Gasteiger partial charge in [-0.2, -0.15) is 0 Å². The van der Waals surface area contributed by atoms with E-state index in [0.717, 1.165) is 0 Å². The van der Waals surface area contributed by atoms with Gasteiger partial charge in [-0.1, -0.05) is 69.6 Å². The molecule has 8 heteroatoms. The largest absolute Gasteiger partial charge is 0.298 e. The van der Waals surface area contributed by atoms with Crippen molar-refractivity contribution < 1.29 is 4.79 Å². The van der Waals surface area contributed by atoms with Crippen LogP contribution in [0.2, 0.25) is 30.3 Å². The van der Waals surface area contributed by atoms with Crippen LogP contribution in [-0.2, 0) is 0 Å². The summed E-state index contributed by atoms with van der Waals surface area (Å²) in [5.41, 5.74) is 0.916. The van der Waals surface area contributed by atoms with Gasteiger partial charge in [0.2, 0.25) is 0 Å². The summed E-state index contributed by atoms with van der Waals surface area (Å²) in [5, 5.41) is 0.405. The van der Waals surface area contributed by atoms with Crippen molar-refractivity contribution in [3.8, 4) is 11.1 Å². The minimum Gasteiger partial charge on any atom is -0.298 e. The first-order valence-electron chi connectivity index (χ1n) is 5.01. The highest BCUT2D eigenvalue weighted by Gasteiger charge is 2.22. The number of hydrogen-bond donors (Lipinski definition) is 0. The fourth-order valence-corrected chi connectivity index (χ4v) is 3.09. The Morgan fingerprint density at radius 1 is 0.850 bits per heavy atom. The minimum absolute atomic E-state index is 0.0442. The Kier molecular flexibility index (Phi) is 5.06. The zero-order chi connectivity index (χ0) is 15.0. The lowest BCUT2D eigenvalue weighted by Crippen LogP contribution is -1.92. The Morgan fingerprint density at radius 2 is 1.35 bits per heavy atom. The summed E-state index contributed by atoms with van der Waals surface area (Å²) in [7, 11) is 0. The van der Waals surface area contributed by atoms with Gasteiger partial charge in [0.25, 0.3) is 0 Å². The van der Waals surface area contributed by atoms with Gasteiger partial charge in [0.05, 0.1) is 25.1 Å². The molecule has 0 aliphatic carbocycles. The van der Waals surface area contributed by atoms with Crippen LogP contribution in [0.5, 0.6) is 0 Å². The van der Waals surface area contributed by atoms with Crippen LogP contribution in [-0.4, -0.2) is 11.3 Å². The van der Waals surface area contributed by atoms with E-state index < -0.39 is 0 Å². The number of halogens is 6. The van der Waals surface area contributed by atoms with E-state index in [4.69, 9.17) is 69.6 Å². The molecule has 2 rings (SSSR count). The lowest BCUT2D eigenvalue weighted by atomic mass is 10.1. The maximum absolute atomic E-state index is 10.8. The molecule has 2 nitrogen and oxygen atoms in total. The molecular formula is C12H3Cl6NO. The van der Waals surface area contributed by atoms with Gasteiger partial charge in [-0.3, -0.25) is 4.79 Å². The van der Waals surface area contributed by atoms with Gasteiger partial charge in [0, 0.05) is 22.9 Å². The summed E-state index contributed by atoms with van der Waals surface area (Å²) in [4.78, 5) is 14.7. The third-order valence-corrected chi connectivity index (χ3v) is 5.05. The van der Waals surface area contributed by atoms with Crippen LogP contribution in [0.1, 0.15) is 10.4 Å². The highest BCUT2D eigenvalue weighted by atomic mass is 35.5. The molecular weight excluding hydrogens is 387 g/mol. The second-order valence-corrected chi connectivity index (χ2v) is 5.92. The quantitative estimate of drug-likeness (QED) is 0.254. The molecule has 0 amide bonds. The van der Waals surface area contributed by atoms with Crippen molar-refractivity contribution in [2.24, 2.45) is 0 Å². The monoisotopic (exact) mass is 387 g/mol. The molecule has 20 heavy (non-hydrogen) atoms. The van der Waals surface area contributed by atoms with Crippen LogP contribution in [0.25, 0.3) is 11.1 Å². The Balaban J connectivity index is 2.86. The lowest BCUT2D eigenvalue weighted by molar-refractivity contribution is 0.112. The highest BCUT2D eigenvalue weighted by Crippen LogP contribution is 2.49. The number of aromatic nitrogens is 1. The van der Waals surface area contributed by atoms with E-state index in [-0.39, 0.29) is 35.8 Å². The van der Waals surface area contributed by atoms with Crippen molar-refractivity contribution >= 4 is 75.9 Å². The number of nitrogens with zero attached hydrogens (tertiary/aromatic N) is 1. The van der Waals surface area contributed by atoms with Crippen LogP contribution in [0.3, 0.4) is 0 Å². The minimum atomic E-state index is 0.0442. The second-order valence-electron chi connectivity index (χ2n) is 3.67. The van der Waals surface area contributed by atoms with Gasteiger partial charge >= 0.3 is 0 Å². The molecule has 0 N–H and O–H groups in total. The lowest BCUT2D eigenvalue weighted by Gasteiger charge is -2.13. The van der Waals surface area contributed by atoms with Gasteiger partial charge in [-0.15, -0.1) is 0 Å². The summed E-state index contributed by atoms with van der Waals surface area (Å²) in [5.74, 6) is 0. The topological polar surface area (TPSA) is 30.0 Å². The molecule has 1 aromatic heterocycles. The fourth-order valence-electron chi connectivity index (χ4n) is 1.55. The van der Waals surface area contributed by atoms with Crippen molar-refractivity contribution in [2.45, 2.75) is 0 Å². The number of carbonyl (C=O) groups is 1. The van der Waals surface area contributed by atoms with Gasteiger partial charge in [0.1, 0.15) is 5.15 Å². The third kappa shape index (κ3) is 2.74. The highest BCUT2D eigenvalue weighted by molar-refractivity contribution is 6.56. The average Bonchev–Trinajstić information content (AvgIpc) is 2.45. The number of pyridine rings is 1. The number of benzene rings is 1. The van der Waals surface area contributed by atoms with E-state index in [0.29, 0.717) is 17.4 Å². The summed E-state index contributed by atoms with van der Waals surface area (Å²) < 4.78 is 0. The van der Waals surface area contributed by atoms with Gasteiger partial charge in [-0.25, -0.2) is 4.98 Å². The predicted molar refractivity (Wildman–Crippen MR) is 85.1 cm³/mol. The SMILES string of the molecule is O=Cc1cnc(Cl)c(-c2c(Cl)c(Cl)c(Cl)c(Cl)c2Cl)c1. The Bertz CT molecular complexity index is 687. The van der Waals surface area contributed by atoms with Crippen LogP contribution in [0.4, 0.5) is 0 Å². The summed E-state index contributed by atoms with van der Waals surface area (Å²) in [6.45, 7) is 0. The number of aldehydes is 1. The Labute approximate surface area is 144 Å². The van der Waals surface area contributed by atoms with Crippen LogP contribution >= 0.6 is 69.6 Å². The number of hydrogen-bond acceptors (Lipinski definition) is 2. The Morgan fingerprint density at radius 3 is 1.85 bits per heavy atom. The normalized spacial score (nSPS) is 10.7. The first kappa shape index (κ1) is 16.2. The maximum Gasteiger partial charge on any atom is 0.151 e. The summed E-state index contributed by atoms with van der Waals surface area (Å²) >= 11 is 36.2. The molecule has 0 unspecified atom stereocenters. The van der Waals surface area contributed by atoms with Crippen molar-refractivity contribution in [3.05, 3.63) is 48.1 Å². The molecule has 0 fully saturated rings. The van der Waals surface area contributed by atoms with Crippen LogP contribution in [0.15, 0.2) is 12.3 Å².